The number of hydrogen-bond donors (Lipinski definition) is 1. The van der Waals surface area contributed by atoms with Crippen LogP contribution in [0.3, 0.4) is 0 Å². The predicted molar refractivity (Wildman–Crippen MR) is 78.2 cm³/mol. The quantitative estimate of drug-likeness (QED) is 0.853. The van der Waals surface area contributed by atoms with Gasteiger partial charge >= 0.3 is 0 Å². The fraction of sp³-hybridized carbons (Fsp3) is 0.500. The third kappa shape index (κ3) is 2.93. The van der Waals surface area contributed by atoms with E-state index >= 15 is 0 Å². The number of anilines is 1. The second-order valence-electron chi connectivity index (χ2n) is 4.56. The Bertz CT molecular complexity index is 473. The molecular formula is C14H21N3S. The van der Waals surface area contributed by atoms with Gasteiger partial charge in [0.1, 0.15) is 0 Å². The van der Waals surface area contributed by atoms with E-state index in [1.54, 1.807) is 11.3 Å². The number of rotatable bonds is 6. The highest BCUT2D eigenvalue weighted by Gasteiger charge is 2.14. The molecule has 0 spiro atoms. The molecule has 18 heavy (non-hydrogen) atoms. The monoisotopic (exact) mass is 263 g/mol. The number of aryl methyl sites for hydroxylation is 2. The normalized spacial score (nSPS) is 12.6. The smallest absolute Gasteiger partial charge is 0.0853 e. The third-order valence-electron chi connectivity index (χ3n) is 3.09. The summed E-state index contributed by atoms with van der Waals surface area (Å²) in [6.07, 6.45) is 5.36. The van der Waals surface area contributed by atoms with Crippen molar-refractivity contribution in [3.8, 4) is 0 Å². The largest absolute Gasteiger partial charge is 0.375 e. The molecule has 3 nitrogen and oxygen atoms in total. The van der Waals surface area contributed by atoms with Crippen LogP contribution in [0.2, 0.25) is 0 Å². The number of nitrogens with one attached hydrogen (secondary N) is 1. The molecule has 0 aliphatic carbocycles. The molecule has 2 aromatic rings. The number of aromatic nitrogens is 2. The average molecular weight is 263 g/mol. The van der Waals surface area contributed by atoms with Crippen molar-refractivity contribution >= 4 is 17.0 Å². The van der Waals surface area contributed by atoms with Crippen molar-refractivity contribution in [2.24, 2.45) is 7.05 Å². The molecule has 1 atom stereocenters. The Kier molecular flexibility index (Phi) is 4.42. The van der Waals surface area contributed by atoms with Crippen LogP contribution in [0.15, 0.2) is 23.0 Å². The first-order valence-corrected chi connectivity index (χ1v) is 7.50. The minimum atomic E-state index is 0.399. The molecule has 0 bridgehead atoms. The summed E-state index contributed by atoms with van der Waals surface area (Å²) in [6.45, 7) is 4.37. The zero-order valence-electron chi connectivity index (χ0n) is 11.3. The van der Waals surface area contributed by atoms with Gasteiger partial charge in [0.2, 0.25) is 0 Å². The Balaban J connectivity index is 2.18. The van der Waals surface area contributed by atoms with E-state index in [0.29, 0.717) is 6.04 Å². The SMILES string of the molecule is CCCC(Nc1cn(C)nc1CC)c1ccsc1. The lowest BCUT2D eigenvalue weighted by molar-refractivity contribution is 0.678. The average Bonchev–Trinajstić information content (AvgIpc) is 2.97. The molecule has 0 aliphatic heterocycles. The number of thiophene rings is 1. The molecule has 1 unspecified atom stereocenters. The first-order valence-electron chi connectivity index (χ1n) is 6.55. The zero-order valence-corrected chi connectivity index (χ0v) is 12.1. The second-order valence-corrected chi connectivity index (χ2v) is 5.34. The van der Waals surface area contributed by atoms with E-state index in [2.05, 4.69) is 47.3 Å². The zero-order chi connectivity index (χ0) is 13.0. The summed E-state index contributed by atoms with van der Waals surface area (Å²) in [5.41, 5.74) is 3.70. The van der Waals surface area contributed by atoms with E-state index in [4.69, 9.17) is 0 Å². The maximum absolute atomic E-state index is 4.48. The van der Waals surface area contributed by atoms with Crippen LogP contribution in [0.5, 0.6) is 0 Å². The highest BCUT2D eigenvalue weighted by Crippen LogP contribution is 2.27. The number of nitrogens with zero attached hydrogens (tertiary/aromatic N) is 2. The Morgan fingerprint density at radius 1 is 1.44 bits per heavy atom. The van der Waals surface area contributed by atoms with Crippen LogP contribution < -0.4 is 5.32 Å². The number of hydrogen-bond acceptors (Lipinski definition) is 3. The van der Waals surface area contributed by atoms with E-state index in [0.717, 1.165) is 18.5 Å². The Labute approximate surface area is 113 Å². The molecule has 0 aliphatic rings. The van der Waals surface area contributed by atoms with Gasteiger partial charge in [-0.1, -0.05) is 20.3 Å². The van der Waals surface area contributed by atoms with Gasteiger partial charge in [-0.3, -0.25) is 4.68 Å². The van der Waals surface area contributed by atoms with Crippen molar-refractivity contribution in [3.63, 3.8) is 0 Å². The van der Waals surface area contributed by atoms with Gasteiger partial charge in [-0.2, -0.15) is 16.4 Å². The summed E-state index contributed by atoms with van der Waals surface area (Å²) in [4.78, 5) is 0. The van der Waals surface area contributed by atoms with Gasteiger partial charge in [-0.25, -0.2) is 0 Å². The van der Waals surface area contributed by atoms with Crippen LogP contribution in [0, 0.1) is 0 Å². The summed E-state index contributed by atoms with van der Waals surface area (Å²) < 4.78 is 1.89. The van der Waals surface area contributed by atoms with Gasteiger partial charge < -0.3 is 5.32 Å². The highest BCUT2D eigenvalue weighted by molar-refractivity contribution is 7.07. The molecule has 1 N–H and O–H groups in total. The van der Waals surface area contributed by atoms with E-state index in [-0.39, 0.29) is 0 Å². The van der Waals surface area contributed by atoms with Gasteiger partial charge in [0.05, 0.1) is 17.4 Å². The van der Waals surface area contributed by atoms with Crippen LogP contribution in [0.1, 0.15) is 44.0 Å². The summed E-state index contributed by atoms with van der Waals surface area (Å²) in [7, 11) is 1.98. The van der Waals surface area contributed by atoms with Crippen LogP contribution in [0.25, 0.3) is 0 Å². The van der Waals surface area contributed by atoms with Crippen LogP contribution >= 0.6 is 11.3 Å². The maximum Gasteiger partial charge on any atom is 0.0853 e. The molecule has 0 amide bonds. The molecule has 98 valence electrons. The van der Waals surface area contributed by atoms with Crippen LogP contribution in [-0.2, 0) is 13.5 Å². The first kappa shape index (κ1) is 13.1. The van der Waals surface area contributed by atoms with Gasteiger partial charge in [-0.15, -0.1) is 0 Å². The molecule has 2 rings (SSSR count). The topological polar surface area (TPSA) is 29.9 Å². The van der Waals surface area contributed by atoms with Crippen LogP contribution in [0.4, 0.5) is 5.69 Å². The van der Waals surface area contributed by atoms with Crippen molar-refractivity contribution in [2.75, 3.05) is 5.32 Å². The molecule has 0 fully saturated rings. The lowest BCUT2D eigenvalue weighted by Gasteiger charge is -2.18. The molecule has 0 aromatic carbocycles. The third-order valence-corrected chi connectivity index (χ3v) is 3.79. The predicted octanol–water partition coefficient (Wildman–Crippen LogP) is 4.00. The standard InChI is InChI=1S/C14H21N3S/c1-4-6-13(11-7-8-18-10-11)15-14-9-17(3)16-12(14)5-2/h7-10,13,15H,4-6H2,1-3H3. The Morgan fingerprint density at radius 3 is 2.89 bits per heavy atom. The minimum Gasteiger partial charge on any atom is -0.375 e. The lowest BCUT2D eigenvalue weighted by atomic mass is 10.1. The van der Waals surface area contributed by atoms with Crippen molar-refractivity contribution in [1.29, 1.82) is 0 Å². The first-order chi connectivity index (χ1) is 8.74. The minimum absolute atomic E-state index is 0.399. The summed E-state index contributed by atoms with van der Waals surface area (Å²) in [5, 5.41) is 12.5. The summed E-state index contributed by atoms with van der Waals surface area (Å²) >= 11 is 1.76. The fourth-order valence-electron chi connectivity index (χ4n) is 2.19. The molecule has 4 heteroatoms. The maximum atomic E-state index is 4.48. The van der Waals surface area contributed by atoms with E-state index in [1.807, 2.05) is 11.7 Å². The fourth-order valence-corrected chi connectivity index (χ4v) is 2.90. The summed E-state index contributed by atoms with van der Waals surface area (Å²) in [6, 6.07) is 2.61. The van der Waals surface area contributed by atoms with Crippen LogP contribution in [-0.4, -0.2) is 9.78 Å². The molecule has 0 radical (unpaired) electrons. The molecular weight excluding hydrogens is 242 g/mol. The van der Waals surface area contributed by atoms with Gasteiger partial charge in [0, 0.05) is 13.2 Å². The summed E-state index contributed by atoms with van der Waals surface area (Å²) in [5.74, 6) is 0. The molecule has 0 saturated carbocycles. The van der Waals surface area contributed by atoms with Crippen molar-refractivity contribution in [3.05, 3.63) is 34.3 Å². The Hall–Kier alpha value is -1.29. The van der Waals surface area contributed by atoms with E-state index < -0.39 is 0 Å². The van der Waals surface area contributed by atoms with E-state index in [9.17, 15) is 0 Å². The van der Waals surface area contributed by atoms with E-state index in [1.165, 1.54) is 17.7 Å². The highest BCUT2D eigenvalue weighted by atomic mass is 32.1. The molecule has 2 aromatic heterocycles. The van der Waals surface area contributed by atoms with Crippen molar-refractivity contribution in [1.82, 2.24) is 9.78 Å². The second kappa shape index (κ2) is 6.05. The molecule has 0 saturated heterocycles. The van der Waals surface area contributed by atoms with Gasteiger partial charge in [0.15, 0.2) is 0 Å². The van der Waals surface area contributed by atoms with Crippen molar-refractivity contribution < 1.29 is 0 Å². The van der Waals surface area contributed by atoms with Gasteiger partial charge in [-0.05, 0) is 35.2 Å². The Morgan fingerprint density at radius 2 is 2.28 bits per heavy atom. The lowest BCUT2D eigenvalue weighted by Crippen LogP contribution is -2.10. The molecule has 2 heterocycles. The van der Waals surface area contributed by atoms with Crippen molar-refractivity contribution in [2.45, 2.75) is 39.2 Å². The van der Waals surface area contributed by atoms with Gasteiger partial charge in [0.25, 0.3) is 0 Å².